The van der Waals surface area contributed by atoms with Gasteiger partial charge in [-0.25, -0.2) is 0 Å². The molecule has 5 heteroatoms. The number of amides is 1. The quantitative estimate of drug-likeness (QED) is 0.914. The van der Waals surface area contributed by atoms with Gasteiger partial charge < -0.3 is 10.1 Å². The first-order valence-corrected chi connectivity index (χ1v) is 7.00. The van der Waals surface area contributed by atoms with Gasteiger partial charge in [-0.15, -0.1) is 0 Å². The minimum Gasteiger partial charge on any atom is -0.496 e. The largest absolute Gasteiger partial charge is 0.496 e. The Balaban J connectivity index is 1.95. The van der Waals surface area contributed by atoms with Crippen LogP contribution in [0.5, 0.6) is 5.75 Å². The number of hydrogen-bond donors (Lipinski definition) is 1. The van der Waals surface area contributed by atoms with Crippen molar-refractivity contribution in [1.29, 1.82) is 0 Å². The van der Waals surface area contributed by atoms with Gasteiger partial charge in [0, 0.05) is 23.4 Å². The van der Waals surface area contributed by atoms with E-state index >= 15 is 0 Å². The highest BCUT2D eigenvalue weighted by Crippen LogP contribution is 2.23. The molecule has 0 bridgehead atoms. The van der Waals surface area contributed by atoms with Gasteiger partial charge in [-0.05, 0) is 36.2 Å². The fourth-order valence-corrected chi connectivity index (χ4v) is 2.15. The van der Waals surface area contributed by atoms with Gasteiger partial charge in [0.15, 0.2) is 0 Å². The first-order chi connectivity index (χ1) is 9.70. The molecule has 0 saturated carbocycles. The molecule has 2 aromatic rings. The van der Waals surface area contributed by atoms with Crippen LogP contribution in [0.15, 0.2) is 47.2 Å². The molecule has 2 rings (SSSR count). The number of nitrogens with one attached hydrogen (secondary N) is 1. The number of rotatable bonds is 5. The molecule has 0 aliphatic carbocycles. The summed E-state index contributed by atoms with van der Waals surface area (Å²) >= 11 is 3.35. The van der Waals surface area contributed by atoms with Crippen molar-refractivity contribution in [3.63, 3.8) is 0 Å². The third-order valence-corrected chi connectivity index (χ3v) is 3.32. The molecule has 1 aromatic carbocycles. The van der Waals surface area contributed by atoms with Crippen LogP contribution in [-0.2, 0) is 6.42 Å². The summed E-state index contributed by atoms with van der Waals surface area (Å²) in [5, 5.41) is 2.88. The summed E-state index contributed by atoms with van der Waals surface area (Å²) in [6.07, 6.45) is 4.28. The molecular formula is C15H15BrN2O2. The van der Waals surface area contributed by atoms with E-state index < -0.39 is 0 Å². The predicted molar refractivity (Wildman–Crippen MR) is 81.0 cm³/mol. The molecule has 0 atom stereocenters. The molecular weight excluding hydrogens is 320 g/mol. The Labute approximate surface area is 126 Å². The summed E-state index contributed by atoms with van der Waals surface area (Å²) in [5.74, 6) is 0.413. The van der Waals surface area contributed by atoms with E-state index in [4.69, 9.17) is 4.74 Å². The summed E-state index contributed by atoms with van der Waals surface area (Å²) < 4.78 is 6.09. The maximum absolute atomic E-state index is 12.1. The van der Waals surface area contributed by atoms with E-state index in [0.717, 1.165) is 16.5 Å². The molecule has 0 fully saturated rings. The highest BCUT2D eigenvalue weighted by atomic mass is 79.9. The average Bonchev–Trinajstić information content (AvgIpc) is 2.48. The average molecular weight is 335 g/mol. The Morgan fingerprint density at radius 3 is 2.95 bits per heavy atom. The lowest BCUT2D eigenvalue weighted by molar-refractivity contribution is 0.0951. The second kappa shape index (κ2) is 7.05. The molecule has 0 saturated heterocycles. The summed E-state index contributed by atoms with van der Waals surface area (Å²) in [6, 6.07) is 9.20. The summed E-state index contributed by atoms with van der Waals surface area (Å²) in [7, 11) is 1.55. The topological polar surface area (TPSA) is 51.2 Å². The van der Waals surface area contributed by atoms with E-state index in [0.29, 0.717) is 17.9 Å². The number of halogens is 1. The number of pyridine rings is 1. The van der Waals surface area contributed by atoms with Crippen LogP contribution in [0.2, 0.25) is 0 Å². The third kappa shape index (κ3) is 3.81. The molecule has 0 aliphatic heterocycles. The number of nitrogens with zero attached hydrogens (tertiary/aromatic N) is 1. The monoisotopic (exact) mass is 334 g/mol. The fourth-order valence-electron chi connectivity index (χ4n) is 1.81. The zero-order chi connectivity index (χ0) is 14.4. The Morgan fingerprint density at radius 2 is 2.25 bits per heavy atom. The van der Waals surface area contributed by atoms with Crippen LogP contribution in [0.3, 0.4) is 0 Å². The Morgan fingerprint density at radius 1 is 1.40 bits per heavy atom. The highest BCUT2D eigenvalue weighted by molar-refractivity contribution is 9.10. The molecule has 104 valence electrons. The lowest BCUT2D eigenvalue weighted by atomic mass is 10.1. The molecule has 1 aromatic heterocycles. The summed E-state index contributed by atoms with van der Waals surface area (Å²) in [4.78, 5) is 16.1. The van der Waals surface area contributed by atoms with E-state index in [-0.39, 0.29) is 5.91 Å². The number of carbonyl (C=O) groups excluding carboxylic acids is 1. The van der Waals surface area contributed by atoms with E-state index in [1.54, 1.807) is 31.6 Å². The molecule has 1 heterocycles. The van der Waals surface area contributed by atoms with E-state index in [1.165, 1.54) is 0 Å². The van der Waals surface area contributed by atoms with Crippen LogP contribution in [0.1, 0.15) is 15.9 Å². The van der Waals surface area contributed by atoms with Gasteiger partial charge >= 0.3 is 0 Å². The first kappa shape index (κ1) is 14.5. The number of ether oxygens (including phenoxy) is 1. The molecule has 0 aliphatic rings. The Kier molecular flexibility index (Phi) is 5.12. The number of aromatic nitrogens is 1. The van der Waals surface area contributed by atoms with E-state index in [2.05, 4.69) is 26.2 Å². The number of benzene rings is 1. The molecule has 0 unspecified atom stereocenters. The lowest BCUT2D eigenvalue weighted by Gasteiger charge is -2.09. The minimum atomic E-state index is -0.141. The summed E-state index contributed by atoms with van der Waals surface area (Å²) in [5.41, 5.74) is 1.62. The van der Waals surface area contributed by atoms with Crippen LogP contribution in [-0.4, -0.2) is 24.5 Å². The van der Waals surface area contributed by atoms with Gasteiger partial charge in [0.05, 0.1) is 12.7 Å². The van der Waals surface area contributed by atoms with E-state index in [1.807, 2.05) is 18.2 Å². The predicted octanol–water partition coefficient (Wildman–Crippen LogP) is 2.83. The molecule has 20 heavy (non-hydrogen) atoms. The molecule has 0 spiro atoms. The number of carbonyl (C=O) groups is 1. The second-order valence-electron chi connectivity index (χ2n) is 4.21. The molecule has 0 radical (unpaired) electrons. The van der Waals surface area contributed by atoms with Crippen molar-refractivity contribution < 1.29 is 9.53 Å². The van der Waals surface area contributed by atoms with Crippen molar-refractivity contribution in [2.24, 2.45) is 0 Å². The molecule has 4 nitrogen and oxygen atoms in total. The van der Waals surface area contributed by atoms with Gasteiger partial charge in [0.2, 0.25) is 0 Å². The van der Waals surface area contributed by atoms with Gasteiger partial charge in [0.25, 0.3) is 5.91 Å². The van der Waals surface area contributed by atoms with Gasteiger partial charge in [-0.2, -0.15) is 0 Å². The second-order valence-corrected chi connectivity index (χ2v) is 5.13. The highest BCUT2D eigenvalue weighted by Gasteiger charge is 2.11. The maximum Gasteiger partial charge on any atom is 0.255 e. The van der Waals surface area contributed by atoms with E-state index in [9.17, 15) is 4.79 Å². The Hall–Kier alpha value is -1.88. The van der Waals surface area contributed by atoms with Crippen molar-refractivity contribution in [3.8, 4) is 5.75 Å². The summed E-state index contributed by atoms with van der Waals surface area (Å²) in [6.45, 7) is 0.559. The van der Waals surface area contributed by atoms with Gasteiger partial charge in [0.1, 0.15) is 5.75 Å². The molecule has 1 amide bonds. The van der Waals surface area contributed by atoms with Crippen molar-refractivity contribution in [2.45, 2.75) is 6.42 Å². The molecule has 1 N–H and O–H groups in total. The zero-order valence-corrected chi connectivity index (χ0v) is 12.7. The van der Waals surface area contributed by atoms with Crippen LogP contribution in [0.25, 0.3) is 0 Å². The van der Waals surface area contributed by atoms with Crippen molar-refractivity contribution in [2.75, 3.05) is 13.7 Å². The zero-order valence-electron chi connectivity index (χ0n) is 11.1. The van der Waals surface area contributed by atoms with Crippen LogP contribution in [0, 0.1) is 0 Å². The number of methoxy groups -OCH3 is 1. The maximum atomic E-state index is 12.1. The van der Waals surface area contributed by atoms with Crippen LogP contribution in [0.4, 0.5) is 0 Å². The van der Waals surface area contributed by atoms with Crippen molar-refractivity contribution in [1.82, 2.24) is 10.3 Å². The smallest absolute Gasteiger partial charge is 0.255 e. The van der Waals surface area contributed by atoms with Crippen LogP contribution >= 0.6 is 15.9 Å². The van der Waals surface area contributed by atoms with Gasteiger partial charge in [-0.3, -0.25) is 9.78 Å². The minimum absolute atomic E-state index is 0.141. The normalized spacial score (nSPS) is 10.1. The third-order valence-electron chi connectivity index (χ3n) is 2.83. The SMILES string of the molecule is COc1cc(Br)ccc1C(=O)NCCc1cccnc1. The number of hydrogen-bond acceptors (Lipinski definition) is 3. The fraction of sp³-hybridized carbons (Fsp3) is 0.200. The first-order valence-electron chi connectivity index (χ1n) is 6.21. The Bertz CT molecular complexity index is 588. The van der Waals surface area contributed by atoms with Crippen molar-refractivity contribution >= 4 is 21.8 Å². The lowest BCUT2D eigenvalue weighted by Crippen LogP contribution is -2.26. The van der Waals surface area contributed by atoms with Gasteiger partial charge in [-0.1, -0.05) is 22.0 Å². The standard InChI is InChI=1S/C15H15BrN2O2/c1-20-14-9-12(16)4-5-13(14)15(19)18-8-6-11-3-2-7-17-10-11/h2-5,7,9-10H,6,8H2,1H3,(H,18,19). The van der Waals surface area contributed by atoms with Crippen LogP contribution < -0.4 is 10.1 Å². The van der Waals surface area contributed by atoms with Crippen molar-refractivity contribution in [3.05, 3.63) is 58.3 Å².